The summed E-state index contributed by atoms with van der Waals surface area (Å²) in [4.78, 5) is 16.6. The molecule has 2 aromatic heterocycles. The zero-order valence-electron chi connectivity index (χ0n) is 11.2. The third kappa shape index (κ3) is 4.92. The van der Waals surface area contributed by atoms with Gasteiger partial charge in [0.2, 0.25) is 15.9 Å². The zero-order chi connectivity index (χ0) is 15.3. The molecule has 0 aromatic carbocycles. The van der Waals surface area contributed by atoms with Gasteiger partial charge in [-0.15, -0.1) is 11.3 Å². The van der Waals surface area contributed by atoms with Crippen molar-refractivity contribution in [2.24, 2.45) is 5.14 Å². The van der Waals surface area contributed by atoms with E-state index in [-0.39, 0.29) is 16.5 Å². The Morgan fingerprint density at radius 3 is 2.71 bits per heavy atom. The molecule has 0 unspecified atom stereocenters. The highest BCUT2D eigenvalue weighted by Crippen LogP contribution is 2.20. The van der Waals surface area contributed by atoms with Crippen LogP contribution in [0.1, 0.15) is 10.6 Å². The van der Waals surface area contributed by atoms with Crippen LogP contribution in [0.2, 0.25) is 0 Å². The number of rotatable bonds is 6. The van der Waals surface area contributed by atoms with Gasteiger partial charge < -0.3 is 5.32 Å². The lowest BCUT2D eigenvalue weighted by atomic mass is 10.2. The molecule has 3 N–H and O–H groups in total. The number of hydrogen-bond donors (Lipinski definition) is 2. The molecule has 2 aromatic rings. The average molecular weight is 325 g/mol. The summed E-state index contributed by atoms with van der Waals surface area (Å²) in [6, 6.07) is 8.59. The van der Waals surface area contributed by atoms with Crippen LogP contribution in [0.15, 0.2) is 40.7 Å². The van der Waals surface area contributed by atoms with Crippen molar-refractivity contribution < 1.29 is 13.2 Å². The van der Waals surface area contributed by atoms with E-state index in [4.69, 9.17) is 5.14 Å². The number of nitrogens with zero attached hydrogens (tertiary/aromatic N) is 1. The summed E-state index contributed by atoms with van der Waals surface area (Å²) in [5.74, 6) is -0.114. The Bertz CT molecular complexity index is 711. The number of nitrogens with two attached hydrogens (primary N) is 1. The number of aromatic nitrogens is 1. The Kier molecular flexibility index (Phi) is 5.05. The molecule has 2 rings (SSSR count). The molecule has 6 nitrogen and oxygen atoms in total. The molecule has 0 fully saturated rings. The number of amides is 1. The van der Waals surface area contributed by atoms with Crippen LogP contribution in [0.3, 0.4) is 0 Å². The molecular formula is C13H15N3O3S2. The quantitative estimate of drug-likeness (QED) is 0.815. The molecule has 21 heavy (non-hydrogen) atoms. The van der Waals surface area contributed by atoms with Gasteiger partial charge in [-0.1, -0.05) is 6.07 Å². The maximum absolute atomic E-state index is 11.7. The van der Waals surface area contributed by atoms with Gasteiger partial charge in [0, 0.05) is 23.3 Å². The lowest BCUT2D eigenvalue weighted by molar-refractivity contribution is -0.120. The molecule has 1 amide bonds. The predicted octanol–water partition coefficient (Wildman–Crippen LogP) is 0.692. The predicted molar refractivity (Wildman–Crippen MR) is 80.3 cm³/mol. The largest absolute Gasteiger partial charge is 0.355 e. The molecule has 0 bridgehead atoms. The van der Waals surface area contributed by atoms with Crippen molar-refractivity contribution in [2.75, 3.05) is 6.54 Å². The number of hydrogen-bond acceptors (Lipinski definition) is 5. The number of nitrogens with one attached hydrogen (secondary N) is 1. The lowest BCUT2D eigenvalue weighted by Gasteiger charge is -2.03. The second-order valence-corrected chi connectivity index (χ2v) is 7.32. The minimum absolute atomic E-state index is 0.114. The van der Waals surface area contributed by atoms with E-state index in [0.717, 1.165) is 16.2 Å². The highest BCUT2D eigenvalue weighted by atomic mass is 32.2. The Labute approximate surface area is 127 Å². The minimum atomic E-state index is -3.64. The average Bonchev–Trinajstić information content (AvgIpc) is 2.88. The van der Waals surface area contributed by atoms with Crippen molar-refractivity contribution in [1.29, 1.82) is 0 Å². The third-order valence-electron chi connectivity index (χ3n) is 2.68. The maximum atomic E-state index is 11.7. The van der Waals surface area contributed by atoms with Crippen molar-refractivity contribution in [3.05, 3.63) is 47.1 Å². The fourth-order valence-corrected chi connectivity index (χ4v) is 3.48. The van der Waals surface area contributed by atoms with Crippen LogP contribution in [-0.2, 0) is 27.7 Å². The minimum Gasteiger partial charge on any atom is -0.355 e. The monoisotopic (exact) mass is 325 g/mol. The summed E-state index contributed by atoms with van der Waals surface area (Å²) >= 11 is 1.12. The zero-order valence-corrected chi connectivity index (χ0v) is 12.8. The van der Waals surface area contributed by atoms with Crippen LogP contribution in [0.4, 0.5) is 0 Å². The third-order valence-corrected chi connectivity index (χ3v) is 5.26. The summed E-state index contributed by atoms with van der Waals surface area (Å²) in [6.45, 7) is 0.441. The molecule has 0 spiro atoms. The van der Waals surface area contributed by atoms with Gasteiger partial charge in [-0.2, -0.15) is 0 Å². The Morgan fingerprint density at radius 1 is 1.29 bits per heavy atom. The van der Waals surface area contributed by atoms with Crippen LogP contribution in [0.25, 0.3) is 0 Å². The Hall–Kier alpha value is -1.77. The first-order valence-corrected chi connectivity index (χ1v) is 8.59. The lowest BCUT2D eigenvalue weighted by Crippen LogP contribution is -2.27. The number of carbonyl (C=O) groups excluding carboxylic acids is 1. The van der Waals surface area contributed by atoms with E-state index in [2.05, 4.69) is 10.3 Å². The number of sulfonamides is 1. The first-order chi connectivity index (χ1) is 9.95. The van der Waals surface area contributed by atoms with Crippen LogP contribution in [-0.4, -0.2) is 25.9 Å². The van der Waals surface area contributed by atoms with E-state index in [1.165, 1.54) is 6.07 Å². The number of primary sulfonamides is 1. The molecule has 8 heteroatoms. The normalized spacial score (nSPS) is 11.3. The van der Waals surface area contributed by atoms with E-state index in [9.17, 15) is 13.2 Å². The molecule has 112 valence electrons. The van der Waals surface area contributed by atoms with E-state index in [1.807, 2.05) is 6.07 Å². The van der Waals surface area contributed by atoms with Crippen LogP contribution < -0.4 is 10.5 Å². The van der Waals surface area contributed by atoms with Crippen molar-refractivity contribution in [2.45, 2.75) is 17.1 Å². The van der Waals surface area contributed by atoms with Crippen LogP contribution in [0, 0.1) is 0 Å². The maximum Gasteiger partial charge on any atom is 0.247 e. The van der Waals surface area contributed by atoms with Gasteiger partial charge in [-0.3, -0.25) is 9.78 Å². The molecule has 0 aliphatic rings. The van der Waals surface area contributed by atoms with E-state index >= 15 is 0 Å². The molecular weight excluding hydrogens is 310 g/mol. The second-order valence-electron chi connectivity index (χ2n) is 4.36. The van der Waals surface area contributed by atoms with Gasteiger partial charge in [-0.25, -0.2) is 13.6 Å². The van der Waals surface area contributed by atoms with E-state index in [1.54, 1.807) is 24.4 Å². The second kappa shape index (κ2) is 6.79. The molecule has 0 aliphatic heterocycles. The Morgan fingerprint density at radius 2 is 2.10 bits per heavy atom. The molecule has 0 atom stereocenters. The first-order valence-electron chi connectivity index (χ1n) is 6.23. The summed E-state index contributed by atoms with van der Waals surface area (Å²) in [7, 11) is -3.64. The first kappa shape index (κ1) is 15.6. The smallest absolute Gasteiger partial charge is 0.247 e. The van der Waals surface area contributed by atoms with Crippen molar-refractivity contribution in [1.82, 2.24) is 10.3 Å². The number of pyridine rings is 1. The SMILES string of the molecule is NS(=O)(=O)c1ccc(CCNC(=O)Cc2ccccn2)s1. The fourth-order valence-electron chi connectivity index (χ4n) is 1.70. The summed E-state index contributed by atoms with van der Waals surface area (Å²) < 4.78 is 22.4. The van der Waals surface area contributed by atoms with Gasteiger partial charge in [-0.05, 0) is 30.7 Å². The van der Waals surface area contributed by atoms with Crippen molar-refractivity contribution >= 4 is 27.3 Å². The molecule has 0 radical (unpaired) electrons. The number of thiophene rings is 1. The summed E-state index contributed by atoms with van der Waals surface area (Å²) in [5.41, 5.74) is 0.711. The summed E-state index contributed by atoms with van der Waals surface area (Å²) in [6.07, 6.45) is 2.44. The van der Waals surface area contributed by atoms with Gasteiger partial charge in [0.15, 0.2) is 0 Å². The van der Waals surface area contributed by atoms with Crippen LogP contribution >= 0.6 is 11.3 Å². The van der Waals surface area contributed by atoms with Crippen molar-refractivity contribution in [3.63, 3.8) is 0 Å². The van der Waals surface area contributed by atoms with Crippen LogP contribution in [0.5, 0.6) is 0 Å². The molecule has 0 saturated carbocycles. The van der Waals surface area contributed by atoms with Gasteiger partial charge >= 0.3 is 0 Å². The van der Waals surface area contributed by atoms with Gasteiger partial charge in [0.05, 0.1) is 6.42 Å². The topological polar surface area (TPSA) is 102 Å². The molecule has 0 saturated heterocycles. The highest BCUT2D eigenvalue weighted by molar-refractivity contribution is 7.91. The Balaban J connectivity index is 1.79. The van der Waals surface area contributed by atoms with E-state index in [0.29, 0.717) is 18.7 Å². The highest BCUT2D eigenvalue weighted by Gasteiger charge is 2.11. The summed E-state index contributed by atoms with van der Waals surface area (Å²) in [5, 5.41) is 7.81. The number of carbonyl (C=O) groups is 1. The fraction of sp³-hybridized carbons (Fsp3) is 0.231. The van der Waals surface area contributed by atoms with Gasteiger partial charge in [0.25, 0.3) is 0 Å². The molecule has 2 heterocycles. The molecule has 0 aliphatic carbocycles. The van der Waals surface area contributed by atoms with E-state index < -0.39 is 10.0 Å². The van der Waals surface area contributed by atoms with Crippen molar-refractivity contribution in [3.8, 4) is 0 Å². The standard InChI is InChI=1S/C13H15N3O3S2/c14-21(18,19)13-5-4-11(20-13)6-8-16-12(17)9-10-3-1-2-7-15-10/h1-5,7H,6,8-9H2,(H,16,17)(H2,14,18,19). The van der Waals surface area contributed by atoms with Gasteiger partial charge in [0.1, 0.15) is 4.21 Å².